The highest BCUT2D eigenvalue weighted by Crippen LogP contribution is 2.25. The predicted octanol–water partition coefficient (Wildman–Crippen LogP) is 1.41. The maximum absolute atomic E-state index is 4.49. The third kappa shape index (κ3) is 3.84. The summed E-state index contributed by atoms with van der Waals surface area (Å²) in [5.41, 5.74) is 0. The van der Waals surface area contributed by atoms with Crippen LogP contribution in [0.4, 0.5) is 11.6 Å². The van der Waals surface area contributed by atoms with Crippen molar-refractivity contribution >= 4 is 11.6 Å². The van der Waals surface area contributed by atoms with Crippen LogP contribution in [0.2, 0.25) is 0 Å². The van der Waals surface area contributed by atoms with Crippen molar-refractivity contribution in [2.45, 2.75) is 32.2 Å². The Labute approximate surface area is 109 Å². The van der Waals surface area contributed by atoms with Crippen molar-refractivity contribution in [3.63, 3.8) is 0 Å². The summed E-state index contributed by atoms with van der Waals surface area (Å²) in [6.07, 6.45) is 3.63. The quantitative estimate of drug-likeness (QED) is 0.716. The molecule has 1 fully saturated rings. The molecule has 18 heavy (non-hydrogen) atoms. The molecule has 2 rings (SSSR count). The van der Waals surface area contributed by atoms with Crippen LogP contribution in [0.5, 0.6) is 0 Å². The van der Waals surface area contributed by atoms with Gasteiger partial charge in [0, 0.05) is 25.7 Å². The van der Waals surface area contributed by atoms with Gasteiger partial charge in [0.25, 0.3) is 0 Å². The second kappa shape index (κ2) is 6.00. The molecule has 1 saturated carbocycles. The van der Waals surface area contributed by atoms with Gasteiger partial charge in [0.1, 0.15) is 17.5 Å². The van der Waals surface area contributed by atoms with Crippen molar-refractivity contribution in [3.05, 3.63) is 11.9 Å². The third-order valence-electron chi connectivity index (χ3n) is 3.07. The van der Waals surface area contributed by atoms with Gasteiger partial charge in [-0.15, -0.1) is 0 Å². The summed E-state index contributed by atoms with van der Waals surface area (Å²) >= 11 is 0. The minimum absolute atomic E-state index is 0.627. The minimum Gasteiger partial charge on any atom is -0.367 e. The zero-order valence-electron chi connectivity index (χ0n) is 11.5. The topological polar surface area (TPSA) is 53.1 Å². The summed E-state index contributed by atoms with van der Waals surface area (Å²) in [4.78, 5) is 11.1. The molecular weight excluding hydrogens is 226 g/mol. The molecule has 0 unspecified atom stereocenters. The van der Waals surface area contributed by atoms with Crippen LogP contribution in [0.15, 0.2) is 6.07 Å². The predicted molar refractivity (Wildman–Crippen MR) is 75.2 cm³/mol. The Kier molecular flexibility index (Phi) is 4.36. The summed E-state index contributed by atoms with van der Waals surface area (Å²) in [6, 6.07) is 2.67. The Hall–Kier alpha value is -1.36. The van der Waals surface area contributed by atoms with Gasteiger partial charge < -0.3 is 15.5 Å². The molecule has 0 saturated heterocycles. The summed E-state index contributed by atoms with van der Waals surface area (Å²) < 4.78 is 0. The number of rotatable bonds is 7. The van der Waals surface area contributed by atoms with E-state index in [0.717, 1.165) is 37.0 Å². The van der Waals surface area contributed by atoms with E-state index in [2.05, 4.69) is 32.5 Å². The maximum atomic E-state index is 4.49. The van der Waals surface area contributed by atoms with Crippen LogP contribution >= 0.6 is 0 Å². The van der Waals surface area contributed by atoms with E-state index in [1.54, 1.807) is 0 Å². The molecule has 0 aliphatic heterocycles. The number of aryl methyl sites for hydroxylation is 1. The lowest BCUT2D eigenvalue weighted by Crippen LogP contribution is -2.23. The van der Waals surface area contributed by atoms with Crippen LogP contribution in [0.25, 0.3) is 0 Å². The van der Waals surface area contributed by atoms with Crippen molar-refractivity contribution in [3.8, 4) is 0 Å². The fraction of sp³-hybridized carbons (Fsp3) is 0.692. The molecule has 0 atom stereocenters. The molecule has 0 amide bonds. The molecule has 0 spiro atoms. The first-order valence-corrected chi connectivity index (χ1v) is 6.67. The number of hydrogen-bond donors (Lipinski definition) is 2. The first-order chi connectivity index (χ1) is 8.69. The molecule has 1 heterocycles. The normalized spacial score (nSPS) is 14.6. The van der Waals surface area contributed by atoms with Crippen LogP contribution in [0.1, 0.15) is 25.1 Å². The van der Waals surface area contributed by atoms with Crippen LogP contribution < -0.4 is 15.5 Å². The fourth-order valence-electron chi connectivity index (χ4n) is 1.87. The van der Waals surface area contributed by atoms with Crippen molar-refractivity contribution in [1.82, 2.24) is 15.3 Å². The molecule has 1 aliphatic rings. The van der Waals surface area contributed by atoms with Gasteiger partial charge in [-0.3, -0.25) is 0 Å². The van der Waals surface area contributed by atoms with Crippen molar-refractivity contribution < 1.29 is 0 Å². The van der Waals surface area contributed by atoms with E-state index in [1.165, 1.54) is 12.8 Å². The van der Waals surface area contributed by atoms with E-state index < -0.39 is 0 Å². The largest absolute Gasteiger partial charge is 0.367 e. The first-order valence-electron chi connectivity index (χ1n) is 6.67. The van der Waals surface area contributed by atoms with Crippen molar-refractivity contribution in [2.24, 2.45) is 0 Å². The van der Waals surface area contributed by atoms with Crippen molar-refractivity contribution in [1.29, 1.82) is 0 Å². The van der Waals surface area contributed by atoms with Gasteiger partial charge in [0.05, 0.1) is 0 Å². The number of nitrogens with zero attached hydrogens (tertiary/aromatic N) is 3. The average Bonchev–Trinajstić information content (AvgIpc) is 3.12. The smallest absolute Gasteiger partial charge is 0.134 e. The zero-order chi connectivity index (χ0) is 13.0. The van der Waals surface area contributed by atoms with Gasteiger partial charge in [-0.1, -0.05) is 0 Å². The van der Waals surface area contributed by atoms with Gasteiger partial charge in [0.15, 0.2) is 0 Å². The summed E-state index contributed by atoms with van der Waals surface area (Å²) in [5.74, 6) is 2.79. The van der Waals surface area contributed by atoms with Crippen LogP contribution in [-0.4, -0.2) is 43.2 Å². The van der Waals surface area contributed by atoms with Crippen molar-refractivity contribution in [2.75, 3.05) is 37.4 Å². The molecule has 5 heteroatoms. The Morgan fingerprint density at radius 1 is 1.39 bits per heavy atom. The van der Waals surface area contributed by atoms with E-state index >= 15 is 0 Å². The number of hydrogen-bond acceptors (Lipinski definition) is 5. The molecule has 100 valence electrons. The Morgan fingerprint density at radius 3 is 2.83 bits per heavy atom. The maximum Gasteiger partial charge on any atom is 0.134 e. The minimum atomic E-state index is 0.627. The number of aromatic nitrogens is 2. The number of nitrogens with one attached hydrogen (secondary N) is 2. The molecule has 0 bridgehead atoms. The zero-order valence-corrected chi connectivity index (χ0v) is 11.5. The van der Waals surface area contributed by atoms with E-state index in [1.807, 2.05) is 20.0 Å². The molecule has 1 aliphatic carbocycles. The van der Waals surface area contributed by atoms with Gasteiger partial charge in [-0.05, 0) is 39.8 Å². The summed E-state index contributed by atoms with van der Waals surface area (Å²) in [5, 5.41) is 6.59. The second-order valence-corrected chi connectivity index (χ2v) is 4.96. The van der Waals surface area contributed by atoms with Crippen LogP contribution in [0.3, 0.4) is 0 Å². The molecule has 1 aromatic rings. The lowest BCUT2D eigenvalue weighted by atomic mass is 10.3. The van der Waals surface area contributed by atoms with Crippen LogP contribution in [-0.2, 0) is 0 Å². The standard InChI is InChI=1S/C13H23N5/c1-10-15-12(17-11-5-6-11)9-13(16-10)18(3)8-4-7-14-2/h9,11,14H,4-8H2,1-3H3,(H,15,16,17). The first kappa shape index (κ1) is 13.1. The molecule has 2 N–H and O–H groups in total. The highest BCUT2D eigenvalue weighted by Gasteiger charge is 2.21. The SMILES string of the molecule is CNCCCN(C)c1cc(NC2CC2)nc(C)n1. The molecular formula is C13H23N5. The van der Waals surface area contributed by atoms with E-state index in [9.17, 15) is 0 Å². The van der Waals surface area contributed by atoms with Gasteiger partial charge in [0.2, 0.25) is 0 Å². The second-order valence-electron chi connectivity index (χ2n) is 4.96. The highest BCUT2D eigenvalue weighted by atomic mass is 15.2. The Balaban J connectivity index is 1.98. The van der Waals surface area contributed by atoms with Crippen LogP contribution in [0, 0.1) is 6.92 Å². The van der Waals surface area contributed by atoms with E-state index in [0.29, 0.717) is 6.04 Å². The lowest BCUT2D eigenvalue weighted by Gasteiger charge is -2.19. The van der Waals surface area contributed by atoms with E-state index in [4.69, 9.17) is 0 Å². The Morgan fingerprint density at radius 2 is 2.17 bits per heavy atom. The lowest BCUT2D eigenvalue weighted by molar-refractivity contribution is 0.708. The fourth-order valence-corrected chi connectivity index (χ4v) is 1.87. The Bertz CT molecular complexity index is 389. The molecule has 1 aromatic heterocycles. The average molecular weight is 249 g/mol. The van der Waals surface area contributed by atoms with Gasteiger partial charge >= 0.3 is 0 Å². The van der Waals surface area contributed by atoms with Gasteiger partial charge in [-0.25, -0.2) is 9.97 Å². The monoisotopic (exact) mass is 249 g/mol. The molecule has 0 radical (unpaired) electrons. The molecule has 0 aromatic carbocycles. The molecule has 5 nitrogen and oxygen atoms in total. The number of anilines is 2. The summed E-state index contributed by atoms with van der Waals surface area (Å²) in [7, 11) is 4.06. The van der Waals surface area contributed by atoms with E-state index in [-0.39, 0.29) is 0 Å². The summed E-state index contributed by atoms with van der Waals surface area (Å²) in [6.45, 7) is 3.98. The highest BCUT2D eigenvalue weighted by molar-refractivity contribution is 5.49. The third-order valence-corrected chi connectivity index (χ3v) is 3.07. The van der Waals surface area contributed by atoms with Gasteiger partial charge in [-0.2, -0.15) is 0 Å².